The van der Waals surface area contributed by atoms with Crippen LogP contribution in [0.15, 0.2) is 27.3 Å². The van der Waals surface area contributed by atoms with Crippen LogP contribution in [0.3, 0.4) is 0 Å². The molecule has 0 radical (unpaired) electrons. The number of nitrogens with one attached hydrogen (secondary N) is 2. The fraction of sp³-hybridized carbons (Fsp3) is 0.231. The van der Waals surface area contributed by atoms with Crippen molar-refractivity contribution in [3.63, 3.8) is 0 Å². The number of aromatic amines is 1. The number of aromatic nitrogens is 1. The first-order chi connectivity index (χ1) is 9.93. The molecule has 0 aliphatic rings. The van der Waals surface area contributed by atoms with Crippen LogP contribution in [0.2, 0.25) is 0 Å². The van der Waals surface area contributed by atoms with Gasteiger partial charge in [0.2, 0.25) is 0 Å². The Morgan fingerprint density at radius 3 is 2.71 bits per heavy atom. The second kappa shape index (κ2) is 6.59. The quantitative estimate of drug-likeness (QED) is 0.660. The Bertz CT molecular complexity index is 699. The fourth-order valence-electron chi connectivity index (χ4n) is 1.81. The number of rotatable bonds is 4. The third kappa shape index (κ3) is 3.45. The molecule has 1 amide bonds. The smallest absolute Gasteiger partial charge is 0.336 e. The number of esters is 1. The topological polar surface area (TPSA) is 91.4 Å². The average molecular weight is 420 g/mol. The first-order valence-corrected chi connectivity index (χ1v) is 7.53. The number of H-pyrrole nitrogens is 1. The van der Waals surface area contributed by atoms with Gasteiger partial charge in [-0.3, -0.25) is 4.79 Å². The van der Waals surface area contributed by atoms with E-state index in [1.807, 2.05) is 12.1 Å². The number of methoxy groups -OCH3 is 1. The van der Waals surface area contributed by atoms with Gasteiger partial charge < -0.3 is 20.1 Å². The average Bonchev–Trinajstić information content (AvgIpc) is 2.86. The molecule has 21 heavy (non-hydrogen) atoms. The highest BCUT2D eigenvalue weighted by atomic mass is 79.9. The summed E-state index contributed by atoms with van der Waals surface area (Å²) in [6.07, 6.45) is 0.189. The molecule has 1 unspecified atom stereocenters. The Balaban J connectivity index is 2.17. The van der Waals surface area contributed by atoms with Crippen molar-refractivity contribution in [1.82, 2.24) is 10.3 Å². The molecule has 0 aliphatic heterocycles. The van der Waals surface area contributed by atoms with E-state index in [9.17, 15) is 14.7 Å². The number of halogens is 2. The lowest BCUT2D eigenvalue weighted by atomic mass is 10.1. The van der Waals surface area contributed by atoms with E-state index in [1.165, 1.54) is 7.11 Å². The zero-order valence-corrected chi connectivity index (χ0v) is 14.1. The SMILES string of the molecule is COC(=O)C(O)CNC(=O)c1c[nH]c2cc(Br)c(Br)cc12. The van der Waals surface area contributed by atoms with Crippen molar-refractivity contribution in [1.29, 1.82) is 0 Å². The number of carbonyl (C=O) groups is 2. The standard InChI is InChI=1S/C13H12Br2N2O4/c1-21-13(20)11(18)5-17-12(19)7-4-16-10-3-9(15)8(14)2-6(7)10/h2-4,11,16,18H,5H2,1H3,(H,17,19). The summed E-state index contributed by atoms with van der Waals surface area (Å²) in [6, 6.07) is 3.65. The highest BCUT2D eigenvalue weighted by Crippen LogP contribution is 2.29. The maximum Gasteiger partial charge on any atom is 0.336 e. The Morgan fingerprint density at radius 2 is 2.05 bits per heavy atom. The van der Waals surface area contributed by atoms with Gasteiger partial charge in [0.05, 0.1) is 19.2 Å². The van der Waals surface area contributed by atoms with Crippen molar-refractivity contribution in [2.75, 3.05) is 13.7 Å². The number of hydrogen-bond acceptors (Lipinski definition) is 4. The van der Waals surface area contributed by atoms with E-state index in [4.69, 9.17) is 0 Å². The molecule has 6 nitrogen and oxygen atoms in total. The molecule has 3 N–H and O–H groups in total. The first-order valence-electron chi connectivity index (χ1n) is 5.94. The number of ether oxygens (including phenoxy) is 1. The van der Waals surface area contributed by atoms with Gasteiger partial charge in [-0.2, -0.15) is 0 Å². The van der Waals surface area contributed by atoms with Crippen LogP contribution in [0, 0.1) is 0 Å². The molecule has 2 aromatic rings. The van der Waals surface area contributed by atoms with Crippen molar-refractivity contribution in [2.24, 2.45) is 0 Å². The second-order valence-electron chi connectivity index (χ2n) is 4.26. The van der Waals surface area contributed by atoms with Gasteiger partial charge in [0.25, 0.3) is 5.91 Å². The van der Waals surface area contributed by atoms with Crippen molar-refractivity contribution < 1.29 is 19.4 Å². The molecular formula is C13H12Br2N2O4. The zero-order valence-electron chi connectivity index (χ0n) is 10.9. The fourth-order valence-corrected chi connectivity index (χ4v) is 2.50. The number of fused-ring (bicyclic) bond motifs is 1. The van der Waals surface area contributed by atoms with Crippen molar-refractivity contribution in [3.8, 4) is 0 Å². The van der Waals surface area contributed by atoms with Gasteiger partial charge in [-0.05, 0) is 44.0 Å². The second-order valence-corrected chi connectivity index (χ2v) is 5.97. The summed E-state index contributed by atoms with van der Waals surface area (Å²) in [4.78, 5) is 26.2. The van der Waals surface area contributed by atoms with Gasteiger partial charge in [0, 0.05) is 26.0 Å². The Labute approximate surface area is 137 Å². The van der Waals surface area contributed by atoms with E-state index in [2.05, 4.69) is 46.9 Å². The zero-order chi connectivity index (χ0) is 15.6. The maximum absolute atomic E-state index is 12.1. The number of aliphatic hydroxyl groups excluding tert-OH is 1. The van der Waals surface area contributed by atoms with E-state index in [0.29, 0.717) is 5.56 Å². The maximum atomic E-state index is 12.1. The molecule has 0 aliphatic carbocycles. The highest BCUT2D eigenvalue weighted by Gasteiger charge is 2.18. The largest absolute Gasteiger partial charge is 0.467 e. The molecule has 1 heterocycles. The van der Waals surface area contributed by atoms with Crippen molar-refractivity contribution in [3.05, 3.63) is 32.8 Å². The molecule has 0 saturated heterocycles. The highest BCUT2D eigenvalue weighted by molar-refractivity contribution is 9.13. The molecule has 0 bridgehead atoms. The van der Waals surface area contributed by atoms with Crippen LogP contribution in [-0.2, 0) is 9.53 Å². The lowest BCUT2D eigenvalue weighted by Gasteiger charge is -2.09. The molecule has 1 aromatic heterocycles. The normalized spacial score (nSPS) is 12.2. The van der Waals surface area contributed by atoms with Gasteiger partial charge in [0.1, 0.15) is 0 Å². The summed E-state index contributed by atoms with van der Waals surface area (Å²) in [5, 5.41) is 12.7. The number of hydrogen-bond donors (Lipinski definition) is 3. The monoisotopic (exact) mass is 418 g/mol. The van der Waals surface area contributed by atoms with Crippen LogP contribution in [-0.4, -0.2) is 41.7 Å². The number of benzene rings is 1. The minimum Gasteiger partial charge on any atom is -0.467 e. The van der Waals surface area contributed by atoms with Gasteiger partial charge >= 0.3 is 5.97 Å². The van der Waals surface area contributed by atoms with Crippen LogP contribution in [0.1, 0.15) is 10.4 Å². The molecule has 1 atom stereocenters. The predicted molar refractivity (Wildman–Crippen MR) is 84.1 cm³/mol. The molecule has 0 saturated carbocycles. The van der Waals surface area contributed by atoms with E-state index < -0.39 is 18.0 Å². The summed E-state index contributed by atoms with van der Waals surface area (Å²) in [7, 11) is 1.17. The number of aliphatic hydroxyl groups is 1. The lowest BCUT2D eigenvalue weighted by Crippen LogP contribution is -2.37. The molecule has 0 spiro atoms. The molecule has 2 rings (SSSR count). The van der Waals surface area contributed by atoms with E-state index in [1.54, 1.807) is 6.20 Å². The van der Waals surface area contributed by atoms with E-state index in [0.717, 1.165) is 19.8 Å². The van der Waals surface area contributed by atoms with Crippen LogP contribution in [0.4, 0.5) is 0 Å². The minimum absolute atomic E-state index is 0.212. The van der Waals surface area contributed by atoms with Crippen molar-refractivity contribution in [2.45, 2.75) is 6.10 Å². The summed E-state index contributed by atoms with van der Waals surface area (Å²) < 4.78 is 6.06. The van der Waals surface area contributed by atoms with Crippen molar-refractivity contribution >= 4 is 54.6 Å². The molecule has 8 heteroatoms. The van der Waals surface area contributed by atoms with Gasteiger partial charge in [-0.25, -0.2) is 4.79 Å². The molecule has 112 valence electrons. The van der Waals surface area contributed by atoms with E-state index >= 15 is 0 Å². The molecule has 0 fully saturated rings. The predicted octanol–water partition coefficient (Wildman–Crippen LogP) is 1.96. The summed E-state index contributed by atoms with van der Waals surface area (Å²) in [5.41, 5.74) is 1.22. The van der Waals surface area contributed by atoms with Crippen LogP contribution in [0.25, 0.3) is 10.9 Å². The number of carbonyl (C=O) groups excluding carboxylic acids is 2. The summed E-state index contributed by atoms with van der Waals surface area (Å²) in [5.74, 6) is -1.18. The Kier molecular flexibility index (Phi) is 5.02. The Morgan fingerprint density at radius 1 is 1.38 bits per heavy atom. The minimum atomic E-state index is -1.38. The van der Waals surface area contributed by atoms with Gasteiger partial charge in [0.15, 0.2) is 6.10 Å². The summed E-state index contributed by atoms with van der Waals surface area (Å²) in [6.45, 7) is -0.212. The third-order valence-corrected chi connectivity index (χ3v) is 4.74. The van der Waals surface area contributed by atoms with Crippen LogP contribution in [0.5, 0.6) is 0 Å². The molecular weight excluding hydrogens is 408 g/mol. The van der Waals surface area contributed by atoms with Crippen LogP contribution < -0.4 is 5.32 Å². The lowest BCUT2D eigenvalue weighted by molar-refractivity contribution is -0.149. The molecule has 1 aromatic carbocycles. The third-order valence-electron chi connectivity index (χ3n) is 2.90. The first kappa shape index (κ1) is 16.0. The van der Waals surface area contributed by atoms with Crippen LogP contribution >= 0.6 is 31.9 Å². The Hall–Kier alpha value is -1.38. The number of amides is 1. The van der Waals surface area contributed by atoms with Gasteiger partial charge in [-0.1, -0.05) is 0 Å². The summed E-state index contributed by atoms with van der Waals surface area (Å²) >= 11 is 6.77. The van der Waals surface area contributed by atoms with Gasteiger partial charge in [-0.15, -0.1) is 0 Å². The van der Waals surface area contributed by atoms with E-state index in [-0.39, 0.29) is 6.54 Å².